The van der Waals surface area contributed by atoms with Gasteiger partial charge >= 0.3 is 0 Å². The van der Waals surface area contributed by atoms with Crippen molar-refractivity contribution in [3.63, 3.8) is 0 Å². The summed E-state index contributed by atoms with van der Waals surface area (Å²) < 4.78 is 4.12. The number of benzene rings is 3. The van der Waals surface area contributed by atoms with Gasteiger partial charge in [-0.3, -0.25) is 4.90 Å². The van der Waals surface area contributed by atoms with E-state index in [2.05, 4.69) is 95.1 Å². The van der Waals surface area contributed by atoms with Crippen LogP contribution in [0.2, 0.25) is 0 Å². The van der Waals surface area contributed by atoms with E-state index in [1.54, 1.807) is 0 Å². The maximum atomic E-state index is 4.12. The molecule has 1 saturated heterocycles. The van der Waals surface area contributed by atoms with Gasteiger partial charge in [-0.25, -0.2) is 4.40 Å². The number of rotatable bonds is 5. The molecule has 2 heterocycles. The van der Waals surface area contributed by atoms with Crippen molar-refractivity contribution in [2.75, 3.05) is 13.1 Å². The first-order chi connectivity index (χ1) is 16.3. The van der Waals surface area contributed by atoms with Gasteiger partial charge in [0.2, 0.25) is 0 Å². The van der Waals surface area contributed by atoms with Crippen LogP contribution in [0.5, 0.6) is 0 Å². The zero-order valence-corrected chi connectivity index (χ0v) is 20.4. The lowest BCUT2D eigenvalue weighted by Crippen LogP contribution is -2.49. The van der Waals surface area contributed by atoms with Gasteiger partial charge < -0.3 is 0 Å². The normalized spacial score (nSPS) is 15.8. The largest absolute Gasteiger partial charge is 0.290 e. The molecule has 0 N–H and O–H groups in total. The summed E-state index contributed by atoms with van der Waals surface area (Å²) in [5.74, 6) is 0. The second-order valence-electron chi connectivity index (χ2n) is 8.63. The van der Waals surface area contributed by atoms with Gasteiger partial charge in [0.15, 0.2) is 0 Å². The minimum Gasteiger partial charge on any atom is -0.290 e. The van der Waals surface area contributed by atoms with Crippen molar-refractivity contribution in [3.8, 4) is 0 Å². The Morgan fingerprint density at radius 1 is 0.788 bits per heavy atom. The van der Waals surface area contributed by atoms with Gasteiger partial charge in [0.1, 0.15) is 0 Å². The van der Waals surface area contributed by atoms with Crippen LogP contribution in [-0.4, -0.2) is 24.2 Å². The molecular formula is C30H34N2S. The maximum absolute atomic E-state index is 4.12. The van der Waals surface area contributed by atoms with E-state index in [1.165, 1.54) is 78.7 Å². The van der Waals surface area contributed by atoms with E-state index in [4.69, 9.17) is 0 Å². The molecule has 33 heavy (non-hydrogen) atoms. The maximum Gasteiger partial charge on any atom is 0.0715 e. The van der Waals surface area contributed by atoms with Crippen LogP contribution in [0.15, 0.2) is 100 Å². The van der Waals surface area contributed by atoms with Crippen LogP contribution < -0.4 is 0 Å². The van der Waals surface area contributed by atoms with E-state index < -0.39 is 0 Å². The van der Waals surface area contributed by atoms with Gasteiger partial charge in [-0.15, -0.1) is 0 Å². The summed E-state index contributed by atoms with van der Waals surface area (Å²) in [7, 11) is 0. The average molecular weight is 455 g/mol. The van der Waals surface area contributed by atoms with E-state index in [9.17, 15) is 0 Å². The van der Waals surface area contributed by atoms with Crippen molar-refractivity contribution in [3.05, 3.63) is 108 Å². The lowest BCUT2D eigenvalue weighted by molar-refractivity contribution is 0.0878. The first kappa shape index (κ1) is 23.5. The fourth-order valence-corrected chi connectivity index (χ4v) is 5.64. The lowest BCUT2D eigenvalue weighted by atomic mass is 9.77. The minimum atomic E-state index is 0.0394. The van der Waals surface area contributed by atoms with E-state index in [-0.39, 0.29) is 5.54 Å². The Morgan fingerprint density at radius 2 is 1.39 bits per heavy atom. The number of allylic oxidation sites excluding steroid dienone is 1. The summed E-state index contributed by atoms with van der Waals surface area (Å²) in [6.45, 7) is 4.73. The van der Waals surface area contributed by atoms with Crippen molar-refractivity contribution in [1.82, 2.24) is 4.90 Å². The number of piperidine rings is 1. The van der Waals surface area contributed by atoms with Crippen LogP contribution >= 0.6 is 11.9 Å². The van der Waals surface area contributed by atoms with Crippen LogP contribution in [0.25, 0.3) is 6.08 Å². The molecule has 2 aliphatic heterocycles. The first-order valence-corrected chi connectivity index (χ1v) is 12.9. The van der Waals surface area contributed by atoms with E-state index >= 15 is 0 Å². The zero-order chi connectivity index (χ0) is 22.8. The summed E-state index contributed by atoms with van der Waals surface area (Å²) >= 11 is 1.52. The Kier molecular flexibility index (Phi) is 8.57. The van der Waals surface area contributed by atoms with Crippen LogP contribution in [0.3, 0.4) is 0 Å². The summed E-state index contributed by atoms with van der Waals surface area (Å²) in [4.78, 5) is 3.96. The lowest BCUT2D eigenvalue weighted by Gasteiger charge is -2.47. The first-order valence-electron chi connectivity index (χ1n) is 12.2. The number of fused-ring (bicyclic) bond motifs is 1. The van der Waals surface area contributed by atoms with Gasteiger partial charge in [0.25, 0.3) is 0 Å². The molecule has 5 rings (SSSR count). The predicted molar refractivity (Wildman–Crippen MR) is 144 cm³/mol. The summed E-state index contributed by atoms with van der Waals surface area (Å²) in [5, 5.41) is 0. The molecule has 0 radical (unpaired) electrons. The van der Waals surface area contributed by atoms with Crippen molar-refractivity contribution >= 4 is 24.2 Å². The van der Waals surface area contributed by atoms with Crippen molar-refractivity contribution in [1.29, 1.82) is 0 Å². The molecular weight excluding hydrogens is 420 g/mol. The average Bonchev–Trinajstić information content (AvgIpc) is 3.15. The van der Waals surface area contributed by atoms with Gasteiger partial charge in [-0.1, -0.05) is 105 Å². The highest BCUT2D eigenvalue weighted by Gasteiger charge is 2.39. The van der Waals surface area contributed by atoms with Crippen LogP contribution in [-0.2, 0) is 5.54 Å². The SMILES string of the molecule is C1=Cc2ccccc2SN=C1.CCCC(c1ccccc1)(c1ccccc1)N1CCCCC1. The monoisotopic (exact) mass is 454 g/mol. The molecule has 3 aromatic carbocycles. The molecule has 0 aliphatic carbocycles. The molecule has 0 amide bonds. The quantitative estimate of drug-likeness (QED) is 0.363. The fourth-order valence-electron chi connectivity index (χ4n) is 5.01. The molecule has 0 spiro atoms. The van der Waals surface area contributed by atoms with Crippen molar-refractivity contribution in [2.24, 2.45) is 4.40 Å². The molecule has 1 fully saturated rings. The van der Waals surface area contributed by atoms with E-state index in [1.807, 2.05) is 24.4 Å². The summed E-state index contributed by atoms with van der Waals surface area (Å²) in [6, 6.07) is 30.5. The van der Waals surface area contributed by atoms with Gasteiger partial charge in [0, 0.05) is 23.1 Å². The highest BCUT2D eigenvalue weighted by Crippen LogP contribution is 2.41. The Balaban J connectivity index is 0.000000196. The molecule has 0 aromatic heterocycles. The van der Waals surface area contributed by atoms with Gasteiger partial charge in [-0.2, -0.15) is 0 Å². The van der Waals surface area contributed by atoms with E-state index in [0.717, 1.165) is 0 Å². The minimum absolute atomic E-state index is 0.0394. The van der Waals surface area contributed by atoms with Crippen molar-refractivity contribution in [2.45, 2.75) is 49.5 Å². The van der Waals surface area contributed by atoms with Gasteiger partial charge in [-0.05, 0) is 61.2 Å². The molecule has 3 aromatic rings. The second kappa shape index (κ2) is 12.0. The highest BCUT2D eigenvalue weighted by molar-refractivity contribution is 7.98. The third kappa shape index (κ3) is 5.66. The number of likely N-dealkylation sites (tertiary alicyclic amines) is 1. The van der Waals surface area contributed by atoms with Gasteiger partial charge in [0.05, 0.1) is 5.54 Å². The molecule has 2 aliphatic rings. The fraction of sp³-hybridized carbons (Fsp3) is 0.300. The summed E-state index contributed by atoms with van der Waals surface area (Å²) in [5.41, 5.74) is 4.18. The Bertz CT molecular complexity index is 998. The number of hydrogen-bond acceptors (Lipinski definition) is 3. The highest BCUT2D eigenvalue weighted by atomic mass is 32.2. The molecule has 3 heteroatoms. The third-order valence-corrected chi connectivity index (χ3v) is 7.30. The molecule has 0 unspecified atom stereocenters. The topological polar surface area (TPSA) is 15.6 Å². The zero-order valence-electron chi connectivity index (χ0n) is 19.6. The standard InChI is InChI=1S/C21H27N.C9H7NS/c1-2-16-21(19-12-6-3-7-13-19,20-14-8-4-9-15-20)22-17-10-5-11-18-22;1-2-6-9-8(4-1)5-3-7-10-11-9/h3-4,6-9,12-15H,2,5,10-11,16-18H2,1H3;1-7H. The van der Waals surface area contributed by atoms with Crippen LogP contribution in [0, 0.1) is 0 Å². The molecule has 0 bridgehead atoms. The molecule has 0 saturated carbocycles. The second-order valence-corrected chi connectivity index (χ2v) is 9.47. The number of nitrogens with zero attached hydrogens (tertiary/aromatic N) is 2. The Hall–Kier alpha value is -2.62. The smallest absolute Gasteiger partial charge is 0.0715 e. The third-order valence-electron chi connectivity index (χ3n) is 6.50. The van der Waals surface area contributed by atoms with E-state index in [0.29, 0.717) is 0 Å². The molecule has 2 nitrogen and oxygen atoms in total. The predicted octanol–water partition coefficient (Wildman–Crippen LogP) is 8.01. The Labute approximate surface area is 203 Å². The van der Waals surface area contributed by atoms with Crippen molar-refractivity contribution < 1.29 is 0 Å². The van der Waals surface area contributed by atoms with Crippen LogP contribution in [0.4, 0.5) is 0 Å². The molecule has 170 valence electrons. The summed E-state index contributed by atoms with van der Waals surface area (Å²) in [6.07, 6.45) is 12.2. The number of hydrogen-bond donors (Lipinski definition) is 0. The Morgan fingerprint density at radius 3 is 2.03 bits per heavy atom. The molecule has 0 atom stereocenters. The van der Waals surface area contributed by atoms with Crippen LogP contribution in [0.1, 0.15) is 55.7 Å².